The van der Waals surface area contributed by atoms with Crippen LogP contribution in [0.25, 0.3) is 0 Å². The zero-order valence-corrected chi connectivity index (χ0v) is 4.48. The minimum atomic E-state index is -1.76. The van der Waals surface area contributed by atoms with Crippen LogP contribution in [0.2, 0.25) is 0 Å². The Hall–Kier alpha value is 0.150. The minimum absolute atomic E-state index is 0.439. The van der Waals surface area contributed by atoms with Gasteiger partial charge in [-0.3, -0.25) is 5.50 Å². The molecule has 0 saturated heterocycles. The average molecular weight is 108 g/mol. The van der Waals surface area contributed by atoms with Gasteiger partial charge in [0, 0.05) is 12.7 Å². The van der Waals surface area contributed by atoms with Gasteiger partial charge in [0.2, 0.25) is 0 Å². The quantitative estimate of drug-likeness (QED) is 0.463. The molecule has 0 aliphatic rings. The summed E-state index contributed by atoms with van der Waals surface area (Å²) >= 11 is 0. The maximum absolute atomic E-state index is 9.93. The molecular weight excluding hydrogens is 99.0 g/mol. The van der Waals surface area contributed by atoms with Crippen molar-refractivity contribution in [1.82, 2.24) is 0 Å². The van der Waals surface area contributed by atoms with Gasteiger partial charge >= 0.3 is 0 Å². The molecule has 0 amide bonds. The molecule has 0 aromatic rings. The molecule has 0 bridgehead atoms. The van der Waals surface area contributed by atoms with Gasteiger partial charge in [0.15, 0.2) is 0 Å². The van der Waals surface area contributed by atoms with E-state index in [0.717, 1.165) is 0 Å². The molecule has 0 aromatic carbocycles. The van der Waals surface area contributed by atoms with Gasteiger partial charge in [0.25, 0.3) is 0 Å². The number of hydrogen-bond donors (Lipinski definition) is 2. The standard InChI is InChI=1S/C2H9N2OP/c3-1-2-6(4)5/h6H,1-3H2,(H2,4,5). The van der Waals surface area contributed by atoms with E-state index in [4.69, 9.17) is 11.2 Å². The van der Waals surface area contributed by atoms with Gasteiger partial charge in [-0.05, 0) is 0 Å². The summed E-state index contributed by atoms with van der Waals surface area (Å²) in [5.41, 5.74) is 9.84. The Morgan fingerprint density at radius 3 is 2.17 bits per heavy atom. The Labute approximate surface area is 37.5 Å². The highest BCUT2D eigenvalue weighted by atomic mass is 31.1. The largest absolute Gasteiger partial charge is 0.330 e. The van der Waals surface area contributed by atoms with E-state index < -0.39 is 7.95 Å². The van der Waals surface area contributed by atoms with Crippen molar-refractivity contribution in [3.05, 3.63) is 0 Å². The second-order valence-electron chi connectivity index (χ2n) is 1.00. The summed E-state index contributed by atoms with van der Waals surface area (Å²) in [7, 11) is -1.76. The van der Waals surface area contributed by atoms with Gasteiger partial charge in [-0.2, -0.15) is 0 Å². The fraction of sp³-hybridized carbons (Fsp3) is 1.00. The number of hydrogen-bond acceptors (Lipinski definition) is 2. The third kappa shape index (κ3) is 4.15. The SMILES string of the molecule is NCC[PH](N)=O. The first-order valence-corrected chi connectivity index (χ1v) is 3.45. The molecule has 4 N–H and O–H groups in total. The van der Waals surface area contributed by atoms with E-state index in [2.05, 4.69) is 0 Å². The van der Waals surface area contributed by atoms with E-state index >= 15 is 0 Å². The van der Waals surface area contributed by atoms with Crippen LogP contribution in [0.1, 0.15) is 0 Å². The van der Waals surface area contributed by atoms with E-state index in [-0.39, 0.29) is 0 Å². The molecule has 0 heterocycles. The summed E-state index contributed by atoms with van der Waals surface area (Å²) in [5.74, 6) is 0. The van der Waals surface area contributed by atoms with Gasteiger partial charge in [-0.15, -0.1) is 0 Å². The zero-order valence-electron chi connectivity index (χ0n) is 3.48. The second-order valence-corrected chi connectivity index (χ2v) is 2.44. The van der Waals surface area contributed by atoms with Crippen molar-refractivity contribution in [2.24, 2.45) is 11.2 Å². The Balaban J connectivity index is 2.83. The monoisotopic (exact) mass is 108 g/mol. The molecule has 6 heavy (non-hydrogen) atoms. The van der Waals surface area contributed by atoms with Crippen molar-refractivity contribution in [3.63, 3.8) is 0 Å². The second kappa shape index (κ2) is 3.34. The molecule has 0 aliphatic carbocycles. The van der Waals surface area contributed by atoms with E-state index in [1.807, 2.05) is 0 Å². The predicted octanol–water partition coefficient (Wildman–Crippen LogP) is -0.622. The smallest absolute Gasteiger partial charge is 0.134 e. The van der Waals surface area contributed by atoms with Crippen molar-refractivity contribution in [3.8, 4) is 0 Å². The minimum Gasteiger partial charge on any atom is -0.330 e. The molecule has 1 unspecified atom stereocenters. The molecule has 0 rings (SSSR count). The molecular formula is C2H9N2OP. The maximum atomic E-state index is 9.93. The summed E-state index contributed by atoms with van der Waals surface area (Å²) < 4.78 is 9.93. The van der Waals surface area contributed by atoms with Gasteiger partial charge in [-0.25, -0.2) is 0 Å². The van der Waals surface area contributed by atoms with Gasteiger partial charge in [0.05, 0.1) is 0 Å². The Bertz CT molecular complexity index is 55.5. The van der Waals surface area contributed by atoms with Crippen LogP contribution in [0.15, 0.2) is 0 Å². The van der Waals surface area contributed by atoms with Crippen molar-refractivity contribution in [2.45, 2.75) is 0 Å². The summed E-state index contributed by atoms with van der Waals surface area (Å²) in [4.78, 5) is 0. The molecule has 0 aromatic heterocycles. The predicted molar refractivity (Wildman–Crippen MR) is 27.1 cm³/mol. The normalized spacial score (nSPS) is 14.3. The third-order valence-corrected chi connectivity index (χ3v) is 1.17. The zero-order chi connectivity index (χ0) is 4.99. The van der Waals surface area contributed by atoms with Crippen LogP contribution < -0.4 is 11.2 Å². The molecule has 0 spiro atoms. The van der Waals surface area contributed by atoms with Crippen LogP contribution >= 0.6 is 7.95 Å². The lowest BCUT2D eigenvalue weighted by atomic mass is 10.8. The number of nitrogens with two attached hydrogens (primary N) is 2. The Morgan fingerprint density at radius 2 is 2.17 bits per heavy atom. The van der Waals surface area contributed by atoms with Crippen molar-refractivity contribution in [2.75, 3.05) is 12.7 Å². The van der Waals surface area contributed by atoms with Crippen LogP contribution in [0, 0.1) is 0 Å². The van der Waals surface area contributed by atoms with Crippen LogP contribution in [0.5, 0.6) is 0 Å². The average Bonchev–Trinajstić information content (AvgIpc) is 1.35. The lowest BCUT2D eigenvalue weighted by Crippen LogP contribution is -2.02. The molecule has 1 atom stereocenters. The highest BCUT2D eigenvalue weighted by molar-refractivity contribution is 7.41. The van der Waals surface area contributed by atoms with Crippen molar-refractivity contribution < 1.29 is 4.57 Å². The molecule has 38 valence electrons. The first kappa shape index (κ1) is 6.15. The van der Waals surface area contributed by atoms with Crippen LogP contribution in [-0.4, -0.2) is 12.7 Å². The van der Waals surface area contributed by atoms with E-state index in [0.29, 0.717) is 12.7 Å². The fourth-order valence-electron chi connectivity index (χ4n) is 0.142. The maximum Gasteiger partial charge on any atom is 0.134 e. The lowest BCUT2D eigenvalue weighted by molar-refractivity contribution is 0.588. The summed E-state index contributed by atoms with van der Waals surface area (Å²) in [6.45, 7) is 0.439. The van der Waals surface area contributed by atoms with E-state index in [1.165, 1.54) is 0 Å². The number of rotatable bonds is 2. The fourth-order valence-corrected chi connectivity index (χ4v) is 0.427. The molecule has 0 saturated carbocycles. The summed E-state index contributed by atoms with van der Waals surface area (Å²) in [5, 5.41) is 0. The molecule has 4 heteroatoms. The van der Waals surface area contributed by atoms with Crippen LogP contribution in [0.3, 0.4) is 0 Å². The van der Waals surface area contributed by atoms with Gasteiger partial charge in [-0.1, -0.05) is 0 Å². The van der Waals surface area contributed by atoms with Crippen LogP contribution in [0.4, 0.5) is 0 Å². The summed E-state index contributed by atoms with van der Waals surface area (Å²) in [6.07, 6.45) is 0.477. The van der Waals surface area contributed by atoms with Crippen molar-refractivity contribution in [1.29, 1.82) is 0 Å². The van der Waals surface area contributed by atoms with E-state index in [9.17, 15) is 4.57 Å². The first-order valence-electron chi connectivity index (χ1n) is 1.75. The van der Waals surface area contributed by atoms with Gasteiger partial charge in [0.1, 0.15) is 7.95 Å². The lowest BCUT2D eigenvalue weighted by Gasteiger charge is -1.83. The topological polar surface area (TPSA) is 69.1 Å². The summed E-state index contributed by atoms with van der Waals surface area (Å²) in [6, 6.07) is 0. The van der Waals surface area contributed by atoms with Crippen molar-refractivity contribution >= 4 is 7.95 Å². The molecule has 0 radical (unpaired) electrons. The van der Waals surface area contributed by atoms with E-state index in [1.54, 1.807) is 0 Å². The highest BCUT2D eigenvalue weighted by Gasteiger charge is 1.81. The van der Waals surface area contributed by atoms with Gasteiger partial charge < -0.3 is 10.3 Å². The first-order chi connectivity index (χ1) is 2.77. The molecule has 3 nitrogen and oxygen atoms in total. The van der Waals surface area contributed by atoms with Crippen LogP contribution in [-0.2, 0) is 4.57 Å². The highest BCUT2D eigenvalue weighted by Crippen LogP contribution is 2.02. The third-order valence-electron chi connectivity index (χ3n) is 0.391. The Morgan fingerprint density at radius 1 is 1.67 bits per heavy atom. The molecule has 0 aliphatic heterocycles. The molecule has 0 fully saturated rings. The Kier molecular flexibility index (Phi) is 3.43.